The smallest absolute Gasteiger partial charge is 0.335 e. The van der Waals surface area contributed by atoms with E-state index in [2.05, 4.69) is 4.98 Å². The van der Waals surface area contributed by atoms with Crippen LogP contribution in [0, 0.1) is 5.92 Å². The number of ketones is 2. The van der Waals surface area contributed by atoms with Gasteiger partial charge >= 0.3 is 5.97 Å². The van der Waals surface area contributed by atoms with Gasteiger partial charge in [0, 0.05) is 48.3 Å². The average molecular weight is 352 g/mol. The number of rotatable bonds is 5. The third-order valence-corrected chi connectivity index (χ3v) is 4.48. The quantitative estimate of drug-likeness (QED) is 0.661. The van der Waals surface area contributed by atoms with Gasteiger partial charge in [-0.25, -0.2) is 4.79 Å². The van der Waals surface area contributed by atoms with Crippen LogP contribution in [0.4, 0.5) is 0 Å². The van der Waals surface area contributed by atoms with E-state index in [9.17, 15) is 14.4 Å². The van der Waals surface area contributed by atoms with Crippen LogP contribution in [0.2, 0.25) is 0 Å². The van der Waals surface area contributed by atoms with Crippen LogP contribution >= 0.6 is 0 Å². The summed E-state index contributed by atoms with van der Waals surface area (Å²) < 4.78 is 4.84. The van der Waals surface area contributed by atoms with Crippen molar-refractivity contribution in [1.82, 2.24) is 9.88 Å². The monoisotopic (exact) mass is 352 g/mol. The van der Waals surface area contributed by atoms with E-state index in [0.717, 1.165) is 10.9 Å². The second kappa shape index (κ2) is 7.00. The predicted octanol–water partition coefficient (Wildman–Crippen LogP) is 2.83. The number of carbonyl (C=O) groups excluding carboxylic acids is 3. The number of esters is 1. The van der Waals surface area contributed by atoms with Gasteiger partial charge in [-0.15, -0.1) is 0 Å². The predicted molar refractivity (Wildman–Crippen MR) is 97.4 cm³/mol. The normalized spacial score (nSPS) is 16.9. The molecule has 0 saturated heterocycles. The molecule has 1 N–H and O–H groups in total. The van der Waals surface area contributed by atoms with Gasteiger partial charge in [-0.3, -0.25) is 9.59 Å². The minimum absolute atomic E-state index is 0.00695. The van der Waals surface area contributed by atoms with E-state index in [-0.39, 0.29) is 18.0 Å². The molecule has 1 aliphatic rings. The Morgan fingerprint density at radius 1 is 1.15 bits per heavy atom. The first kappa shape index (κ1) is 17.7. The second-order valence-corrected chi connectivity index (χ2v) is 6.33. The average Bonchev–Trinajstić information content (AvgIpc) is 3.06. The van der Waals surface area contributed by atoms with Crippen molar-refractivity contribution in [2.45, 2.75) is 13.3 Å². The van der Waals surface area contributed by atoms with Gasteiger partial charge < -0.3 is 14.6 Å². The molecular formula is C20H20N2O4. The van der Waals surface area contributed by atoms with E-state index < -0.39 is 11.9 Å². The van der Waals surface area contributed by atoms with Crippen molar-refractivity contribution in [2.24, 2.45) is 5.92 Å². The van der Waals surface area contributed by atoms with Crippen LogP contribution in [0.5, 0.6) is 0 Å². The molecule has 6 nitrogen and oxygen atoms in total. The minimum Gasteiger partial charge on any atom is -0.466 e. The fraction of sp³-hybridized carbons (Fsp3) is 0.250. The number of para-hydroxylation sites is 1. The number of allylic oxidation sites excluding steroid dienone is 1. The van der Waals surface area contributed by atoms with E-state index in [1.54, 1.807) is 30.4 Å². The highest BCUT2D eigenvalue weighted by Crippen LogP contribution is 2.31. The number of aromatic nitrogens is 1. The Balaban J connectivity index is 1.94. The highest BCUT2D eigenvalue weighted by molar-refractivity contribution is 6.04. The summed E-state index contributed by atoms with van der Waals surface area (Å²) in [5.41, 5.74) is 2.04. The summed E-state index contributed by atoms with van der Waals surface area (Å²) >= 11 is 0. The van der Waals surface area contributed by atoms with Gasteiger partial charge in [-0.05, 0) is 19.1 Å². The molecule has 3 rings (SSSR count). The Labute approximate surface area is 151 Å². The zero-order valence-corrected chi connectivity index (χ0v) is 14.9. The van der Waals surface area contributed by atoms with Gasteiger partial charge in [-0.2, -0.15) is 0 Å². The van der Waals surface area contributed by atoms with Crippen LogP contribution in [0.15, 0.2) is 53.9 Å². The molecule has 0 spiro atoms. The molecule has 0 fully saturated rings. The molecule has 134 valence electrons. The molecule has 1 aromatic carbocycles. The topological polar surface area (TPSA) is 79.5 Å². The highest BCUT2D eigenvalue weighted by Gasteiger charge is 2.33. The third kappa shape index (κ3) is 3.31. The fourth-order valence-electron chi connectivity index (χ4n) is 3.21. The SMILES string of the molecule is COC(=O)C1=CN(C)C=C(C(C)=O)C1CC(=O)c1cc2ccccc2[nH]1. The highest BCUT2D eigenvalue weighted by atomic mass is 16.5. The van der Waals surface area contributed by atoms with Crippen molar-refractivity contribution in [2.75, 3.05) is 14.2 Å². The summed E-state index contributed by atoms with van der Waals surface area (Å²) in [5.74, 6) is -1.52. The number of nitrogens with zero attached hydrogens (tertiary/aromatic N) is 1. The standard InChI is InChI=1S/C20H20N2O4/c1-12(23)15-10-22(2)11-16(20(25)26-3)14(15)9-19(24)18-8-13-6-4-5-7-17(13)21-18/h4-8,10-11,14,21H,9H2,1-3H3. The number of Topliss-reactive ketones (excluding diaryl/α,β-unsaturated/α-hetero) is 2. The van der Waals surface area contributed by atoms with Crippen LogP contribution in [0.25, 0.3) is 10.9 Å². The molecule has 0 saturated carbocycles. The Morgan fingerprint density at radius 2 is 1.85 bits per heavy atom. The summed E-state index contributed by atoms with van der Waals surface area (Å²) in [6.07, 6.45) is 3.26. The van der Waals surface area contributed by atoms with Crippen LogP contribution in [0.1, 0.15) is 23.8 Å². The van der Waals surface area contributed by atoms with Crippen LogP contribution in [-0.4, -0.2) is 41.6 Å². The summed E-state index contributed by atoms with van der Waals surface area (Å²) in [6, 6.07) is 9.38. The Kier molecular flexibility index (Phi) is 4.75. The number of methoxy groups -OCH3 is 1. The fourth-order valence-corrected chi connectivity index (χ4v) is 3.21. The summed E-state index contributed by atoms with van der Waals surface area (Å²) in [6.45, 7) is 1.43. The number of H-pyrrole nitrogens is 1. The second-order valence-electron chi connectivity index (χ2n) is 6.33. The van der Waals surface area contributed by atoms with Gasteiger partial charge in [0.15, 0.2) is 11.6 Å². The molecule has 26 heavy (non-hydrogen) atoms. The molecule has 1 unspecified atom stereocenters. The number of fused-ring (bicyclic) bond motifs is 1. The number of hydrogen-bond acceptors (Lipinski definition) is 5. The molecule has 0 bridgehead atoms. The maximum atomic E-state index is 12.8. The van der Waals surface area contributed by atoms with Crippen LogP contribution < -0.4 is 0 Å². The van der Waals surface area contributed by atoms with Crippen molar-refractivity contribution >= 4 is 28.4 Å². The zero-order chi connectivity index (χ0) is 18.8. The van der Waals surface area contributed by atoms with E-state index in [1.165, 1.54) is 14.0 Å². The Bertz CT molecular complexity index is 919. The van der Waals surface area contributed by atoms with Gasteiger partial charge in [0.25, 0.3) is 0 Å². The summed E-state index contributed by atoms with van der Waals surface area (Å²) in [4.78, 5) is 41.8. The molecule has 1 aliphatic heterocycles. The number of aromatic amines is 1. The van der Waals surface area contributed by atoms with Gasteiger partial charge in [-0.1, -0.05) is 18.2 Å². The van der Waals surface area contributed by atoms with Crippen LogP contribution in [0.3, 0.4) is 0 Å². The van der Waals surface area contributed by atoms with Crippen molar-refractivity contribution in [3.8, 4) is 0 Å². The van der Waals surface area contributed by atoms with Gasteiger partial charge in [0.05, 0.1) is 18.4 Å². The first-order valence-electron chi connectivity index (χ1n) is 8.26. The van der Waals surface area contributed by atoms with Crippen molar-refractivity contribution < 1.29 is 19.1 Å². The van der Waals surface area contributed by atoms with E-state index in [1.807, 2.05) is 24.3 Å². The maximum absolute atomic E-state index is 12.8. The number of nitrogens with one attached hydrogen (secondary N) is 1. The molecular weight excluding hydrogens is 332 g/mol. The van der Waals surface area contributed by atoms with E-state index >= 15 is 0 Å². The lowest BCUT2D eigenvalue weighted by atomic mass is 9.83. The molecule has 2 heterocycles. The summed E-state index contributed by atoms with van der Waals surface area (Å²) in [5, 5.41) is 0.935. The zero-order valence-electron chi connectivity index (χ0n) is 14.9. The molecule has 6 heteroatoms. The Hall–Kier alpha value is -3.15. The van der Waals surface area contributed by atoms with Gasteiger partial charge in [0.2, 0.25) is 0 Å². The first-order valence-corrected chi connectivity index (χ1v) is 8.26. The molecule has 0 amide bonds. The number of carbonyl (C=O) groups is 3. The maximum Gasteiger partial charge on any atom is 0.335 e. The molecule has 1 aromatic heterocycles. The Morgan fingerprint density at radius 3 is 2.50 bits per heavy atom. The minimum atomic E-state index is -0.630. The first-order chi connectivity index (χ1) is 12.4. The van der Waals surface area contributed by atoms with E-state index in [0.29, 0.717) is 16.8 Å². The number of hydrogen-bond donors (Lipinski definition) is 1. The van der Waals surface area contributed by atoms with E-state index in [4.69, 9.17) is 4.74 Å². The number of benzene rings is 1. The lowest BCUT2D eigenvalue weighted by Crippen LogP contribution is -2.29. The van der Waals surface area contributed by atoms with Crippen molar-refractivity contribution in [1.29, 1.82) is 0 Å². The van der Waals surface area contributed by atoms with Crippen LogP contribution in [-0.2, 0) is 14.3 Å². The van der Waals surface area contributed by atoms with Gasteiger partial charge in [0.1, 0.15) is 0 Å². The molecule has 0 aliphatic carbocycles. The molecule has 1 atom stereocenters. The summed E-state index contributed by atoms with van der Waals surface area (Å²) in [7, 11) is 3.01. The van der Waals surface area contributed by atoms with Crippen molar-refractivity contribution in [3.63, 3.8) is 0 Å². The molecule has 2 aromatic rings. The molecule has 0 radical (unpaired) electrons. The lowest BCUT2D eigenvalue weighted by molar-refractivity contribution is -0.136. The third-order valence-electron chi connectivity index (χ3n) is 4.48. The number of ether oxygens (including phenoxy) is 1. The largest absolute Gasteiger partial charge is 0.466 e. The van der Waals surface area contributed by atoms with Crippen molar-refractivity contribution in [3.05, 3.63) is 59.6 Å². The lowest BCUT2D eigenvalue weighted by Gasteiger charge is -2.27.